The number of hydrogen-bond donors (Lipinski definition) is 1. The zero-order chi connectivity index (χ0) is 14.7. The molecular weight excluding hydrogens is 279 g/mol. The van der Waals surface area contributed by atoms with Crippen molar-refractivity contribution in [2.75, 3.05) is 7.05 Å². The van der Waals surface area contributed by atoms with Gasteiger partial charge in [-0.05, 0) is 25.1 Å². The molecule has 0 aliphatic rings. The van der Waals surface area contributed by atoms with E-state index in [-0.39, 0.29) is 11.9 Å². The van der Waals surface area contributed by atoms with Crippen LogP contribution in [0.25, 0.3) is 0 Å². The van der Waals surface area contributed by atoms with Crippen molar-refractivity contribution in [2.24, 2.45) is 7.05 Å². The van der Waals surface area contributed by atoms with Crippen molar-refractivity contribution in [3.05, 3.63) is 46.3 Å². The number of nitrogens with one attached hydrogen (secondary N) is 1. The lowest BCUT2D eigenvalue weighted by atomic mass is 10.0. The van der Waals surface area contributed by atoms with Crippen LogP contribution in [0.4, 0.5) is 4.39 Å². The summed E-state index contributed by atoms with van der Waals surface area (Å²) in [4.78, 5) is 3.89. The molecule has 2 aromatic heterocycles. The largest absolute Gasteiger partial charge is 0.313 e. The second kappa shape index (κ2) is 6.33. The summed E-state index contributed by atoms with van der Waals surface area (Å²) in [6, 6.07) is 1.43. The summed E-state index contributed by atoms with van der Waals surface area (Å²) in [5.41, 5.74) is 2.62. The molecule has 2 heterocycles. The van der Waals surface area contributed by atoms with Gasteiger partial charge in [-0.25, -0.2) is 4.39 Å². The predicted molar refractivity (Wildman–Crippen MR) is 77.3 cm³/mol. The van der Waals surface area contributed by atoms with Gasteiger partial charge in [-0.2, -0.15) is 5.10 Å². The van der Waals surface area contributed by atoms with Crippen LogP contribution in [0.1, 0.15) is 29.9 Å². The lowest BCUT2D eigenvalue weighted by Gasteiger charge is -2.16. The van der Waals surface area contributed by atoms with E-state index in [9.17, 15) is 4.39 Å². The van der Waals surface area contributed by atoms with Crippen molar-refractivity contribution < 1.29 is 4.39 Å². The van der Waals surface area contributed by atoms with Crippen molar-refractivity contribution in [1.29, 1.82) is 0 Å². The molecule has 6 heteroatoms. The first-order valence-electron chi connectivity index (χ1n) is 6.54. The third-order valence-corrected chi connectivity index (χ3v) is 3.81. The van der Waals surface area contributed by atoms with E-state index >= 15 is 0 Å². The molecular formula is C14H18ClFN4. The van der Waals surface area contributed by atoms with E-state index in [1.165, 1.54) is 12.3 Å². The van der Waals surface area contributed by atoms with Gasteiger partial charge in [0.05, 0.1) is 22.6 Å². The van der Waals surface area contributed by atoms with Crippen LogP contribution in [0.5, 0.6) is 0 Å². The van der Waals surface area contributed by atoms with Crippen LogP contribution in [0.3, 0.4) is 0 Å². The van der Waals surface area contributed by atoms with Crippen LogP contribution in [-0.2, 0) is 19.9 Å². The summed E-state index contributed by atoms with van der Waals surface area (Å²) in [5, 5.41) is 8.26. The van der Waals surface area contributed by atoms with Gasteiger partial charge in [0.1, 0.15) is 5.82 Å². The zero-order valence-corrected chi connectivity index (χ0v) is 12.6. The Morgan fingerprint density at radius 3 is 2.75 bits per heavy atom. The van der Waals surface area contributed by atoms with Gasteiger partial charge in [0.2, 0.25) is 0 Å². The number of pyridine rings is 1. The van der Waals surface area contributed by atoms with Crippen molar-refractivity contribution in [3.8, 4) is 0 Å². The van der Waals surface area contributed by atoms with E-state index in [0.717, 1.165) is 23.4 Å². The van der Waals surface area contributed by atoms with Gasteiger partial charge in [0.25, 0.3) is 0 Å². The van der Waals surface area contributed by atoms with E-state index in [2.05, 4.69) is 15.4 Å². The molecule has 1 atom stereocenters. The Kier molecular flexibility index (Phi) is 4.73. The third kappa shape index (κ3) is 2.99. The van der Waals surface area contributed by atoms with Crippen molar-refractivity contribution in [1.82, 2.24) is 20.1 Å². The minimum Gasteiger partial charge on any atom is -0.313 e. The predicted octanol–water partition coefficient (Wildman–Crippen LogP) is 2.67. The molecule has 0 aliphatic heterocycles. The standard InChI is InChI=1S/C14H18ClFN4/c1-4-11-14(15)13(20(3)19-11)6-12(17-2)9-5-10(16)8-18-7-9/h5,7-8,12,17H,4,6H2,1-3H3. The van der Waals surface area contributed by atoms with Crippen LogP contribution >= 0.6 is 11.6 Å². The minimum atomic E-state index is -0.340. The molecule has 108 valence electrons. The maximum absolute atomic E-state index is 13.3. The Morgan fingerprint density at radius 1 is 1.45 bits per heavy atom. The Labute approximate surface area is 123 Å². The average molecular weight is 297 g/mol. The van der Waals surface area contributed by atoms with Crippen LogP contribution in [0.15, 0.2) is 18.5 Å². The normalized spacial score (nSPS) is 12.7. The lowest BCUT2D eigenvalue weighted by Crippen LogP contribution is -2.20. The maximum atomic E-state index is 13.3. The molecule has 4 nitrogen and oxygen atoms in total. The maximum Gasteiger partial charge on any atom is 0.141 e. The summed E-state index contributed by atoms with van der Waals surface area (Å²) in [6.45, 7) is 2.02. The fourth-order valence-corrected chi connectivity index (χ4v) is 2.61. The Bertz CT molecular complexity index is 597. The van der Waals surface area contributed by atoms with Gasteiger partial charge in [-0.15, -0.1) is 0 Å². The molecule has 0 aromatic carbocycles. The molecule has 0 saturated carbocycles. The lowest BCUT2D eigenvalue weighted by molar-refractivity contribution is 0.550. The SMILES string of the molecule is CCc1nn(C)c(CC(NC)c2cncc(F)c2)c1Cl. The number of aryl methyl sites for hydroxylation is 2. The highest BCUT2D eigenvalue weighted by Crippen LogP contribution is 2.26. The number of halogens is 2. The highest BCUT2D eigenvalue weighted by molar-refractivity contribution is 6.31. The summed E-state index contributed by atoms with van der Waals surface area (Å²) in [5.74, 6) is -0.340. The fraction of sp³-hybridized carbons (Fsp3) is 0.429. The van der Waals surface area contributed by atoms with Crippen molar-refractivity contribution in [2.45, 2.75) is 25.8 Å². The first kappa shape index (κ1) is 14.9. The summed E-state index contributed by atoms with van der Waals surface area (Å²) in [7, 11) is 3.71. The molecule has 0 bridgehead atoms. The van der Waals surface area contributed by atoms with Gasteiger partial charge in [0, 0.05) is 25.7 Å². The van der Waals surface area contributed by atoms with Gasteiger partial charge in [-0.3, -0.25) is 9.67 Å². The monoisotopic (exact) mass is 296 g/mol. The van der Waals surface area contributed by atoms with E-state index in [0.29, 0.717) is 11.4 Å². The zero-order valence-electron chi connectivity index (χ0n) is 11.8. The highest BCUT2D eigenvalue weighted by Gasteiger charge is 2.18. The van der Waals surface area contributed by atoms with Crippen LogP contribution < -0.4 is 5.32 Å². The molecule has 0 radical (unpaired) electrons. The third-order valence-electron chi connectivity index (χ3n) is 3.38. The molecule has 0 saturated heterocycles. The van der Waals surface area contributed by atoms with Crippen LogP contribution in [-0.4, -0.2) is 21.8 Å². The molecule has 2 aromatic rings. The van der Waals surface area contributed by atoms with Gasteiger partial charge in [0.15, 0.2) is 0 Å². The van der Waals surface area contributed by atoms with Crippen LogP contribution in [0, 0.1) is 5.82 Å². The molecule has 0 spiro atoms. The molecule has 1 N–H and O–H groups in total. The van der Waals surface area contributed by atoms with Gasteiger partial charge >= 0.3 is 0 Å². The molecule has 1 unspecified atom stereocenters. The summed E-state index contributed by atoms with van der Waals surface area (Å²) >= 11 is 6.35. The van der Waals surface area contributed by atoms with Crippen molar-refractivity contribution >= 4 is 11.6 Å². The first-order chi connectivity index (χ1) is 9.56. The number of aromatic nitrogens is 3. The van der Waals surface area contributed by atoms with E-state index in [4.69, 9.17) is 11.6 Å². The second-order valence-corrected chi connectivity index (χ2v) is 5.04. The number of hydrogen-bond acceptors (Lipinski definition) is 3. The van der Waals surface area contributed by atoms with Crippen LogP contribution in [0.2, 0.25) is 5.02 Å². The van der Waals surface area contributed by atoms with E-state index < -0.39 is 0 Å². The molecule has 0 aliphatic carbocycles. The Balaban J connectivity index is 2.29. The molecule has 0 fully saturated rings. The summed E-state index contributed by atoms with van der Waals surface area (Å²) < 4.78 is 15.1. The summed E-state index contributed by atoms with van der Waals surface area (Å²) in [6.07, 6.45) is 4.28. The van der Waals surface area contributed by atoms with Gasteiger partial charge in [-0.1, -0.05) is 18.5 Å². The minimum absolute atomic E-state index is 0.0594. The smallest absolute Gasteiger partial charge is 0.141 e. The first-order valence-corrected chi connectivity index (χ1v) is 6.92. The Hall–Kier alpha value is -1.46. The molecule has 20 heavy (non-hydrogen) atoms. The van der Waals surface area contributed by atoms with Gasteiger partial charge < -0.3 is 5.32 Å². The molecule has 0 amide bonds. The molecule has 2 rings (SSSR count). The number of rotatable bonds is 5. The van der Waals surface area contributed by atoms with E-state index in [1.54, 1.807) is 10.9 Å². The van der Waals surface area contributed by atoms with Crippen molar-refractivity contribution in [3.63, 3.8) is 0 Å². The number of nitrogens with zero attached hydrogens (tertiary/aromatic N) is 3. The highest BCUT2D eigenvalue weighted by atomic mass is 35.5. The van der Waals surface area contributed by atoms with E-state index in [1.807, 2.05) is 21.0 Å². The number of likely N-dealkylation sites (N-methyl/N-ethyl adjacent to an activating group) is 1. The topological polar surface area (TPSA) is 42.7 Å². The fourth-order valence-electron chi connectivity index (χ4n) is 2.24. The second-order valence-electron chi connectivity index (χ2n) is 4.67. The average Bonchev–Trinajstić information content (AvgIpc) is 2.71. The quantitative estimate of drug-likeness (QED) is 0.922. The Morgan fingerprint density at radius 2 is 2.20 bits per heavy atom.